The number of carbonyl (C=O) groups is 2. The van der Waals surface area contributed by atoms with Gasteiger partial charge in [0, 0.05) is 11.8 Å². The van der Waals surface area contributed by atoms with E-state index in [2.05, 4.69) is 5.32 Å². The lowest BCUT2D eigenvalue weighted by molar-refractivity contribution is -0.137. The summed E-state index contributed by atoms with van der Waals surface area (Å²) in [6, 6.07) is 13.3. The Balaban J connectivity index is 1.69. The number of rotatable bonds is 7. The molecule has 1 aliphatic heterocycles. The summed E-state index contributed by atoms with van der Waals surface area (Å²) in [6.45, 7) is 1.53. The summed E-state index contributed by atoms with van der Waals surface area (Å²) in [7, 11) is -3.46. The molecule has 0 radical (unpaired) electrons. The summed E-state index contributed by atoms with van der Waals surface area (Å²) in [5.74, 6) is -1.13. The Kier molecular flexibility index (Phi) is 5.62. The largest absolute Gasteiger partial charge is 0.395 e. The molecule has 7 nitrogen and oxygen atoms in total. The molecule has 0 saturated heterocycles. The summed E-state index contributed by atoms with van der Waals surface area (Å²) in [4.78, 5) is 25.1. The highest BCUT2D eigenvalue weighted by Gasteiger charge is 2.30. The van der Waals surface area contributed by atoms with E-state index in [1.165, 1.54) is 6.08 Å². The number of aliphatic hydroxyl groups is 1. The van der Waals surface area contributed by atoms with Crippen molar-refractivity contribution in [3.8, 4) is 0 Å². The molecule has 0 atom stereocenters. The summed E-state index contributed by atoms with van der Waals surface area (Å²) in [6.07, 6.45) is 1.17. The van der Waals surface area contributed by atoms with Crippen molar-refractivity contribution in [1.82, 2.24) is 4.90 Å². The van der Waals surface area contributed by atoms with Crippen LogP contribution in [0.5, 0.6) is 0 Å². The minimum absolute atomic E-state index is 0.0604. The van der Waals surface area contributed by atoms with Crippen LogP contribution < -0.4 is 5.32 Å². The highest BCUT2D eigenvalue weighted by Crippen LogP contribution is 2.21. The average molecular weight is 400 g/mol. The molecular formula is C20H20N2O5S. The molecule has 8 heteroatoms. The van der Waals surface area contributed by atoms with Crippen LogP contribution >= 0.6 is 0 Å². The number of hydrogen-bond acceptors (Lipinski definition) is 6. The molecule has 0 fully saturated rings. The van der Waals surface area contributed by atoms with E-state index in [1.807, 2.05) is 6.92 Å². The molecule has 2 N–H and O–H groups in total. The second kappa shape index (κ2) is 7.95. The lowest BCUT2D eigenvalue weighted by Crippen LogP contribution is -2.34. The Hall–Kier alpha value is -2.97. The summed E-state index contributed by atoms with van der Waals surface area (Å²) in [5.41, 5.74) is 2.25. The third kappa shape index (κ3) is 4.29. The maximum absolute atomic E-state index is 12.5. The minimum atomic E-state index is -3.46. The lowest BCUT2D eigenvalue weighted by Gasteiger charge is -2.13. The van der Waals surface area contributed by atoms with E-state index in [4.69, 9.17) is 5.11 Å². The fourth-order valence-corrected chi connectivity index (χ4v) is 4.15. The van der Waals surface area contributed by atoms with Crippen LogP contribution in [-0.4, -0.2) is 43.4 Å². The molecule has 146 valence electrons. The molecule has 28 heavy (non-hydrogen) atoms. The van der Waals surface area contributed by atoms with E-state index < -0.39 is 21.7 Å². The molecule has 0 bridgehead atoms. The summed E-state index contributed by atoms with van der Waals surface area (Å²) < 4.78 is 25.0. The molecule has 1 aliphatic rings. The molecule has 0 spiro atoms. The number of β-amino-alcohol motifs (C(OH)–C–C–N with tert-alkyl or cyclic N) is 1. The van der Waals surface area contributed by atoms with Gasteiger partial charge in [0.05, 0.1) is 23.8 Å². The Morgan fingerprint density at radius 2 is 1.64 bits per heavy atom. The molecule has 0 aliphatic carbocycles. The number of nitrogens with one attached hydrogen (secondary N) is 1. The maximum Gasteiger partial charge on any atom is 0.277 e. The van der Waals surface area contributed by atoms with Gasteiger partial charge in [-0.25, -0.2) is 8.42 Å². The molecule has 2 aromatic rings. The van der Waals surface area contributed by atoms with Crippen molar-refractivity contribution in [1.29, 1.82) is 0 Å². The molecule has 2 amide bonds. The first-order valence-corrected chi connectivity index (χ1v) is 10.3. The number of anilines is 1. The molecule has 0 unspecified atom stereocenters. The van der Waals surface area contributed by atoms with Crippen LogP contribution in [0.25, 0.3) is 0 Å². The van der Waals surface area contributed by atoms with E-state index in [1.54, 1.807) is 48.5 Å². The first-order chi connectivity index (χ1) is 13.3. The van der Waals surface area contributed by atoms with Crippen LogP contribution in [0.15, 0.2) is 65.2 Å². The Labute approximate surface area is 163 Å². The molecule has 3 rings (SSSR count). The van der Waals surface area contributed by atoms with Crippen molar-refractivity contribution < 1.29 is 23.1 Å². The van der Waals surface area contributed by atoms with E-state index in [0.29, 0.717) is 11.3 Å². The Morgan fingerprint density at radius 1 is 1.00 bits per heavy atom. The SMILES string of the molecule is Cc1ccc(S(=O)(=O)Cc2ccc(NC3=CC(=O)N(CCO)C3=O)cc2)cc1. The summed E-state index contributed by atoms with van der Waals surface area (Å²) in [5, 5.41) is 11.8. The number of sulfone groups is 1. The monoisotopic (exact) mass is 400 g/mol. The number of benzene rings is 2. The maximum atomic E-state index is 12.5. The fourth-order valence-electron chi connectivity index (χ4n) is 2.80. The van der Waals surface area contributed by atoms with Crippen molar-refractivity contribution in [2.45, 2.75) is 17.6 Å². The highest BCUT2D eigenvalue weighted by molar-refractivity contribution is 7.90. The third-order valence-corrected chi connectivity index (χ3v) is 6.01. The van der Waals surface area contributed by atoms with E-state index >= 15 is 0 Å². The normalized spacial score (nSPS) is 14.4. The molecule has 1 heterocycles. The van der Waals surface area contributed by atoms with Crippen LogP contribution in [0.4, 0.5) is 5.69 Å². The predicted molar refractivity (Wildman–Crippen MR) is 104 cm³/mol. The number of amides is 2. The Bertz CT molecular complexity index is 1030. The van der Waals surface area contributed by atoms with Gasteiger partial charge >= 0.3 is 0 Å². The van der Waals surface area contributed by atoms with Crippen LogP contribution in [0.2, 0.25) is 0 Å². The smallest absolute Gasteiger partial charge is 0.277 e. The van der Waals surface area contributed by atoms with Crippen molar-refractivity contribution >= 4 is 27.3 Å². The van der Waals surface area contributed by atoms with Gasteiger partial charge in [-0.1, -0.05) is 29.8 Å². The Morgan fingerprint density at radius 3 is 2.25 bits per heavy atom. The summed E-state index contributed by atoms with van der Waals surface area (Å²) >= 11 is 0. The van der Waals surface area contributed by atoms with Gasteiger partial charge in [-0.2, -0.15) is 0 Å². The highest BCUT2D eigenvalue weighted by atomic mass is 32.2. The number of carbonyl (C=O) groups excluding carboxylic acids is 2. The molecular weight excluding hydrogens is 380 g/mol. The third-order valence-electron chi connectivity index (χ3n) is 4.30. The molecule has 0 aromatic heterocycles. The van der Waals surface area contributed by atoms with Crippen LogP contribution in [0.1, 0.15) is 11.1 Å². The van der Waals surface area contributed by atoms with Crippen molar-refractivity contribution in [2.75, 3.05) is 18.5 Å². The molecule has 2 aromatic carbocycles. The lowest BCUT2D eigenvalue weighted by atomic mass is 10.2. The predicted octanol–water partition coefficient (Wildman–Crippen LogP) is 1.63. The van der Waals surface area contributed by atoms with Crippen LogP contribution in [-0.2, 0) is 25.2 Å². The second-order valence-electron chi connectivity index (χ2n) is 6.47. The number of hydrogen-bond donors (Lipinski definition) is 2. The van der Waals surface area contributed by atoms with E-state index in [-0.39, 0.29) is 29.5 Å². The fraction of sp³-hybridized carbons (Fsp3) is 0.200. The van der Waals surface area contributed by atoms with Gasteiger partial charge in [0.15, 0.2) is 9.84 Å². The van der Waals surface area contributed by atoms with Gasteiger partial charge in [0.2, 0.25) is 0 Å². The first-order valence-electron chi connectivity index (χ1n) is 8.64. The van der Waals surface area contributed by atoms with Gasteiger partial charge in [-0.3, -0.25) is 14.5 Å². The number of imide groups is 1. The first kappa shape index (κ1) is 19.8. The zero-order valence-electron chi connectivity index (χ0n) is 15.3. The zero-order chi connectivity index (χ0) is 20.3. The van der Waals surface area contributed by atoms with Crippen molar-refractivity contribution in [2.24, 2.45) is 0 Å². The van der Waals surface area contributed by atoms with E-state index in [0.717, 1.165) is 10.5 Å². The van der Waals surface area contributed by atoms with Gasteiger partial charge in [0.25, 0.3) is 11.8 Å². The van der Waals surface area contributed by atoms with Gasteiger partial charge < -0.3 is 10.4 Å². The van der Waals surface area contributed by atoms with Crippen LogP contribution in [0, 0.1) is 6.92 Å². The van der Waals surface area contributed by atoms with Crippen LogP contribution in [0.3, 0.4) is 0 Å². The minimum Gasteiger partial charge on any atom is -0.395 e. The number of aliphatic hydroxyl groups excluding tert-OH is 1. The number of nitrogens with zero attached hydrogens (tertiary/aromatic N) is 1. The van der Waals surface area contributed by atoms with Gasteiger partial charge in [-0.05, 0) is 36.8 Å². The van der Waals surface area contributed by atoms with Gasteiger partial charge in [0.1, 0.15) is 5.70 Å². The topological polar surface area (TPSA) is 104 Å². The number of aryl methyl sites for hydroxylation is 1. The van der Waals surface area contributed by atoms with E-state index in [9.17, 15) is 18.0 Å². The van der Waals surface area contributed by atoms with Gasteiger partial charge in [-0.15, -0.1) is 0 Å². The van der Waals surface area contributed by atoms with Crippen molar-refractivity contribution in [3.05, 3.63) is 71.4 Å². The second-order valence-corrected chi connectivity index (χ2v) is 8.46. The quantitative estimate of drug-likeness (QED) is 0.685. The molecule has 0 saturated carbocycles. The standard InChI is InChI=1S/C20H20N2O5S/c1-14-2-8-17(9-3-14)28(26,27)13-15-4-6-16(7-5-15)21-18-12-19(24)22(10-11-23)20(18)25/h2-9,12,21,23H,10-11,13H2,1H3. The average Bonchev–Trinajstić information content (AvgIpc) is 2.91. The zero-order valence-corrected chi connectivity index (χ0v) is 16.1. The van der Waals surface area contributed by atoms with Crippen molar-refractivity contribution in [3.63, 3.8) is 0 Å².